The summed E-state index contributed by atoms with van der Waals surface area (Å²) in [7, 11) is 0. The van der Waals surface area contributed by atoms with Crippen LogP contribution in [0.4, 0.5) is 0 Å². The number of hydrogen-bond acceptors (Lipinski definition) is 3. The van der Waals surface area contributed by atoms with Crippen molar-refractivity contribution in [1.82, 2.24) is 0 Å². The Balaban J connectivity index is 4.36. The maximum absolute atomic E-state index is 10.4. The number of allylic oxidation sites excluding steroid dienone is 2. The Morgan fingerprint density at radius 3 is 2.15 bits per heavy atom. The van der Waals surface area contributed by atoms with Crippen LogP contribution in [0, 0.1) is 0 Å². The first-order valence-electron chi connectivity index (χ1n) is 3.69. The minimum absolute atomic E-state index is 0.225. The van der Waals surface area contributed by atoms with Crippen LogP contribution in [0.5, 0.6) is 0 Å². The van der Waals surface area contributed by atoms with Crippen molar-refractivity contribution in [2.24, 2.45) is 0 Å². The second-order valence-corrected chi connectivity index (χ2v) is 2.53. The first-order chi connectivity index (χ1) is 5.95. The molecule has 0 bridgehead atoms. The van der Waals surface area contributed by atoms with E-state index in [-0.39, 0.29) is 5.57 Å². The van der Waals surface area contributed by atoms with E-state index < -0.39 is 11.9 Å². The highest BCUT2D eigenvalue weighted by Crippen LogP contribution is 2.04. The third-order valence-electron chi connectivity index (χ3n) is 1.46. The van der Waals surface area contributed by atoms with Gasteiger partial charge in [-0.3, -0.25) is 4.79 Å². The molecule has 4 heteroatoms. The van der Waals surface area contributed by atoms with E-state index in [4.69, 9.17) is 5.11 Å². The van der Waals surface area contributed by atoms with E-state index >= 15 is 0 Å². The highest BCUT2D eigenvalue weighted by atomic mass is 16.5. The van der Waals surface area contributed by atoms with Crippen molar-refractivity contribution in [3.8, 4) is 0 Å². The van der Waals surface area contributed by atoms with Crippen LogP contribution in [0.1, 0.15) is 20.8 Å². The largest absolute Gasteiger partial charge is 0.478 e. The molecule has 0 aromatic carbocycles. The summed E-state index contributed by atoms with van der Waals surface area (Å²) in [5.41, 5.74) is 0.775. The number of aliphatic carboxylic acids is 1. The summed E-state index contributed by atoms with van der Waals surface area (Å²) in [5.74, 6) is -1.41. The van der Waals surface area contributed by atoms with Gasteiger partial charge in [0.05, 0.1) is 6.26 Å². The van der Waals surface area contributed by atoms with E-state index in [0.717, 1.165) is 0 Å². The number of carboxylic acid groups (broad SMARTS) is 1. The van der Waals surface area contributed by atoms with Gasteiger partial charge in [0, 0.05) is 12.5 Å². The third-order valence-corrected chi connectivity index (χ3v) is 1.46. The van der Waals surface area contributed by atoms with Crippen molar-refractivity contribution >= 4 is 11.9 Å². The molecule has 0 amide bonds. The lowest BCUT2D eigenvalue weighted by Gasteiger charge is -1.96. The average Bonchev–Trinajstić information content (AvgIpc) is 2.02. The molecule has 13 heavy (non-hydrogen) atoms. The highest BCUT2D eigenvalue weighted by Gasteiger charge is 2.01. The van der Waals surface area contributed by atoms with Gasteiger partial charge in [0.25, 0.3) is 0 Å². The maximum atomic E-state index is 10.4. The second kappa shape index (κ2) is 5.13. The maximum Gasteiger partial charge on any atom is 0.331 e. The van der Waals surface area contributed by atoms with Crippen molar-refractivity contribution in [2.75, 3.05) is 0 Å². The molecule has 0 rings (SSSR count). The van der Waals surface area contributed by atoms with Gasteiger partial charge in [0.1, 0.15) is 0 Å². The monoisotopic (exact) mass is 184 g/mol. The van der Waals surface area contributed by atoms with Gasteiger partial charge < -0.3 is 9.84 Å². The fourth-order valence-electron chi connectivity index (χ4n) is 0.526. The first-order valence-corrected chi connectivity index (χ1v) is 3.69. The van der Waals surface area contributed by atoms with Crippen LogP contribution in [0.15, 0.2) is 23.5 Å². The molecular formula is C9H12O4. The average molecular weight is 184 g/mol. The second-order valence-electron chi connectivity index (χ2n) is 2.53. The molecule has 72 valence electrons. The summed E-state index contributed by atoms with van der Waals surface area (Å²) in [6, 6.07) is 0. The third kappa shape index (κ3) is 4.79. The van der Waals surface area contributed by atoms with Crippen molar-refractivity contribution in [2.45, 2.75) is 20.8 Å². The van der Waals surface area contributed by atoms with Crippen molar-refractivity contribution in [3.63, 3.8) is 0 Å². The zero-order valence-electron chi connectivity index (χ0n) is 7.83. The minimum Gasteiger partial charge on any atom is -0.478 e. The minimum atomic E-state index is -0.982. The molecular weight excluding hydrogens is 172 g/mol. The Morgan fingerprint density at radius 2 is 1.77 bits per heavy atom. The molecule has 0 fully saturated rings. The first kappa shape index (κ1) is 11.4. The quantitative estimate of drug-likeness (QED) is 0.312. The lowest BCUT2D eigenvalue weighted by molar-refractivity contribution is -0.135. The lowest BCUT2D eigenvalue weighted by Crippen LogP contribution is -1.98. The van der Waals surface area contributed by atoms with E-state index in [0.29, 0.717) is 5.57 Å². The molecule has 0 aliphatic rings. The van der Waals surface area contributed by atoms with Gasteiger partial charge in [0.2, 0.25) is 0 Å². The molecule has 0 spiro atoms. The molecule has 0 saturated carbocycles. The van der Waals surface area contributed by atoms with Gasteiger partial charge in [-0.25, -0.2) is 4.79 Å². The molecule has 4 nitrogen and oxygen atoms in total. The summed E-state index contributed by atoms with van der Waals surface area (Å²) < 4.78 is 4.50. The number of carbonyl (C=O) groups excluding carboxylic acids is 1. The SMILES string of the molecule is CC(=O)OC=CC(C)=C(C)C(=O)O. The number of esters is 1. The summed E-state index contributed by atoms with van der Waals surface area (Å²) >= 11 is 0. The standard InChI is InChI=1S/C9H12O4/c1-6(7(2)9(11)12)4-5-13-8(3)10/h4-5H,1-3H3,(H,11,12). The van der Waals surface area contributed by atoms with E-state index in [1.54, 1.807) is 6.92 Å². The van der Waals surface area contributed by atoms with E-state index in [1.165, 1.54) is 26.2 Å². The molecule has 0 aromatic rings. The Kier molecular flexibility index (Phi) is 4.51. The fourth-order valence-corrected chi connectivity index (χ4v) is 0.526. The molecule has 0 atom stereocenters. The van der Waals surface area contributed by atoms with Gasteiger partial charge >= 0.3 is 11.9 Å². The molecule has 0 aliphatic carbocycles. The number of ether oxygens (including phenoxy) is 1. The van der Waals surface area contributed by atoms with Crippen LogP contribution in [-0.4, -0.2) is 17.0 Å². The Hall–Kier alpha value is -1.58. The molecule has 0 radical (unpaired) electrons. The van der Waals surface area contributed by atoms with Gasteiger partial charge in [-0.1, -0.05) is 0 Å². The van der Waals surface area contributed by atoms with Crippen molar-refractivity contribution in [3.05, 3.63) is 23.5 Å². The van der Waals surface area contributed by atoms with Crippen molar-refractivity contribution < 1.29 is 19.4 Å². The van der Waals surface area contributed by atoms with Crippen LogP contribution in [0.25, 0.3) is 0 Å². The van der Waals surface area contributed by atoms with E-state index in [9.17, 15) is 9.59 Å². The Labute approximate surface area is 76.5 Å². The topological polar surface area (TPSA) is 63.6 Å². The predicted octanol–water partition coefficient (Wildman–Crippen LogP) is 1.48. The Bertz CT molecular complexity index is 273. The van der Waals surface area contributed by atoms with Crippen LogP contribution in [-0.2, 0) is 14.3 Å². The number of hydrogen-bond donors (Lipinski definition) is 1. The zero-order chi connectivity index (χ0) is 10.4. The molecule has 0 aliphatic heterocycles. The number of carbonyl (C=O) groups is 2. The van der Waals surface area contributed by atoms with Crippen molar-refractivity contribution in [1.29, 1.82) is 0 Å². The predicted molar refractivity (Wildman–Crippen MR) is 46.9 cm³/mol. The summed E-state index contributed by atoms with van der Waals surface area (Å²) in [6.45, 7) is 4.38. The lowest BCUT2D eigenvalue weighted by atomic mass is 10.1. The summed E-state index contributed by atoms with van der Waals surface area (Å²) in [4.78, 5) is 20.8. The number of carboxylic acids is 1. The van der Waals surface area contributed by atoms with E-state index in [2.05, 4.69) is 4.74 Å². The Morgan fingerprint density at radius 1 is 1.23 bits per heavy atom. The van der Waals surface area contributed by atoms with Crippen LogP contribution >= 0.6 is 0 Å². The smallest absolute Gasteiger partial charge is 0.331 e. The van der Waals surface area contributed by atoms with Crippen LogP contribution in [0.2, 0.25) is 0 Å². The molecule has 0 saturated heterocycles. The van der Waals surface area contributed by atoms with E-state index in [1.807, 2.05) is 0 Å². The van der Waals surface area contributed by atoms with Crippen LogP contribution in [0.3, 0.4) is 0 Å². The molecule has 0 aromatic heterocycles. The zero-order valence-corrected chi connectivity index (χ0v) is 7.83. The highest BCUT2D eigenvalue weighted by molar-refractivity contribution is 5.87. The molecule has 0 heterocycles. The normalized spacial score (nSPS) is 12.5. The van der Waals surface area contributed by atoms with Crippen LogP contribution < -0.4 is 0 Å². The summed E-state index contributed by atoms with van der Waals surface area (Å²) in [6.07, 6.45) is 2.61. The molecule has 1 N–H and O–H groups in total. The number of rotatable bonds is 3. The summed E-state index contributed by atoms with van der Waals surface area (Å²) in [5, 5.41) is 8.56. The van der Waals surface area contributed by atoms with Gasteiger partial charge in [0.15, 0.2) is 0 Å². The molecule has 0 unspecified atom stereocenters. The fraction of sp³-hybridized carbons (Fsp3) is 0.333. The van der Waals surface area contributed by atoms with Gasteiger partial charge in [-0.15, -0.1) is 0 Å². The van der Waals surface area contributed by atoms with Gasteiger partial charge in [-0.2, -0.15) is 0 Å². The van der Waals surface area contributed by atoms with Gasteiger partial charge in [-0.05, 0) is 25.5 Å².